The molecule has 1 aromatic heterocycles. The van der Waals surface area contributed by atoms with Gasteiger partial charge in [-0.25, -0.2) is 4.98 Å². The number of aryl methyl sites for hydroxylation is 2. The largest absolute Gasteiger partial charge is 0.508 e. The molecule has 0 amide bonds. The molecular weight excluding hydrogens is 274 g/mol. The molecule has 1 heterocycles. The molecule has 0 atom stereocenters. The number of nitrogens with zero attached hydrogens (tertiary/aromatic N) is 1. The minimum Gasteiger partial charge on any atom is -0.508 e. The molecule has 0 aliphatic rings. The Hall–Kier alpha value is -2.99. The van der Waals surface area contributed by atoms with Crippen molar-refractivity contribution in [3.05, 3.63) is 64.8 Å². The van der Waals surface area contributed by atoms with Crippen LogP contribution in [0.15, 0.2) is 42.5 Å². The maximum absolute atomic E-state index is 9.78. The number of fused-ring (bicyclic) bond motifs is 1. The van der Waals surface area contributed by atoms with Crippen molar-refractivity contribution in [3.63, 3.8) is 0 Å². The minimum absolute atomic E-state index is 0.225. The fraction of sp³-hybridized carbons (Fsp3) is 0.105. The van der Waals surface area contributed by atoms with E-state index in [9.17, 15) is 10.2 Å². The lowest BCUT2D eigenvalue weighted by molar-refractivity contribution is 0.467. The van der Waals surface area contributed by atoms with Crippen LogP contribution in [0, 0.1) is 25.7 Å². The SMILES string of the molecule is Cc1cc(C#Cc2ccc3cc(O)ccc3n2)cc(C)c1O. The number of aromatic hydroxyl groups is 2. The first-order valence-corrected chi connectivity index (χ1v) is 6.95. The number of aromatic nitrogens is 1. The average molecular weight is 289 g/mol. The molecule has 0 radical (unpaired) electrons. The summed E-state index contributed by atoms with van der Waals surface area (Å²) in [5.41, 5.74) is 3.93. The molecule has 2 N–H and O–H groups in total. The maximum atomic E-state index is 9.78. The van der Waals surface area contributed by atoms with Gasteiger partial charge < -0.3 is 10.2 Å². The molecule has 0 bridgehead atoms. The summed E-state index contributed by atoms with van der Waals surface area (Å²) in [5.74, 6) is 6.65. The molecule has 0 saturated carbocycles. The second-order valence-corrected chi connectivity index (χ2v) is 5.28. The van der Waals surface area contributed by atoms with Crippen molar-refractivity contribution in [2.45, 2.75) is 13.8 Å². The van der Waals surface area contributed by atoms with E-state index in [0.717, 1.165) is 27.6 Å². The summed E-state index contributed by atoms with van der Waals surface area (Å²) in [6, 6.07) is 12.5. The standard InChI is InChI=1S/C19H15NO2/c1-12-9-14(10-13(2)19(12)22)3-5-16-6-4-15-11-17(21)7-8-18(15)20-16/h4,6-11,21-22H,1-2H3. The Bertz CT molecular complexity index is 910. The Labute approximate surface area is 128 Å². The van der Waals surface area contributed by atoms with Gasteiger partial charge in [-0.3, -0.25) is 0 Å². The van der Waals surface area contributed by atoms with Crippen molar-refractivity contribution in [2.75, 3.05) is 0 Å². The lowest BCUT2D eigenvalue weighted by atomic mass is 10.1. The van der Waals surface area contributed by atoms with Crippen LogP contribution < -0.4 is 0 Å². The number of benzene rings is 2. The Balaban J connectivity index is 1.99. The molecule has 3 rings (SSSR count). The molecule has 0 spiro atoms. The van der Waals surface area contributed by atoms with Gasteiger partial charge >= 0.3 is 0 Å². The lowest BCUT2D eigenvalue weighted by Crippen LogP contribution is -1.86. The zero-order valence-electron chi connectivity index (χ0n) is 12.4. The molecule has 0 aliphatic heterocycles. The summed E-state index contributed by atoms with van der Waals surface area (Å²) >= 11 is 0. The third kappa shape index (κ3) is 2.72. The molecule has 22 heavy (non-hydrogen) atoms. The normalized spacial score (nSPS) is 10.3. The number of rotatable bonds is 0. The Morgan fingerprint density at radius 3 is 2.32 bits per heavy atom. The van der Waals surface area contributed by atoms with E-state index in [1.807, 2.05) is 38.1 Å². The molecular formula is C19H15NO2. The molecule has 108 valence electrons. The molecule has 0 aliphatic carbocycles. The van der Waals surface area contributed by atoms with Crippen molar-refractivity contribution in [1.82, 2.24) is 4.98 Å². The van der Waals surface area contributed by atoms with Crippen molar-refractivity contribution in [3.8, 4) is 23.3 Å². The third-order valence-corrected chi connectivity index (χ3v) is 3.50. The molecule has 0 fully saturated rings. The highest BCUT2D eigenvalue weighted by molar-refractivity contribution is 5.80. The van der Waals surface area contributed by atoms with Gasteiger partial charge in [0.1, 0.15) is 17.2 Å². The number of hydrogen-bond acceptors (Lipinski definition) is 3. The van der Waals surface area contributed by atoms with Crippen LogP contribution in [-0.2, 0) is 0 Å². The fourth-order valence-corrected chi connectivity index (χ4v) is 2.35. The number of hydrogen-bond donors (Lipinski definition) is 2. The van der Waals surface area contributed by atoms with Crippen LogP contribution in [0.25, 0.3) is 10.9 Å². The number of pyridine rings is 1. The summed E-state index contributed by atoms with van der Waals surface area (Å²) in [7, 11) is 0. The van der Waals surface area contributed by atoms with Gasteiger partial charge in [-0.15, -0.1) is 0 Å². The van der Waals surface area contributed by atoms with Gasteiger partial charge in [0.05, 0.1) is 5.52 Å². The van der Waals surface area contributed by atoms with Gasteiger partial charge in [0.25, 0.3) is 0 Å². The van der Waals surface area contributed by atoms with Crippen LogP contribution in [0.1, 0.15) is 22.4 Å². The number of phenolic OH excluding ortho intramolecular Hbond substituents is 2. The summed E-state index contributed by atoms with van der Waals surface area (Å²) in [6.45, 7) is 3.71. The van der Waals surface area contributed by atoms with Gasteiger partial charge in [-0.1, -0.05) is 5.92 Å². The molecule has 2 aromatic carbocycles. The third-order valence-electron chi connectivity index (χ3n) is 3.50. The molecule has 0 unspecified atom stereocenters. The van der Waals surface area contributed by atoms with Gasteiger partial charge in [-0.2, -0.15) is 0 Å². The van der Waals surface area contributed by atoms with Crippen LogP contribution in [-0.4, -0.2) is 15.2 Å². The zero-order chi connectivity index (χ0) is 15.7. The lowest BCUT2D eigenvalue weighted by Gasteiger charge is -2.03. The van der Waals surface area contributed by atoms with Crippen LogP contribution in [0.3, 0.4) is 0 Å². The van der Waals surface area contributed by atoms with Crippen molar-refractivity contribution >= 4 is 10.9 Å². The van der Waals surface area contributed by atoms with E-state index in [0.29, 0.717) is 11.4 Å². The predicted molar refractivity (Wildman–Crippen MR) is 87.0 cm³/mol. The smallest absolute Gasteiger partial charge is 0.121 e. The molecule has 3 aromatic rings. The quantitative estimate of drug-likeness (QED) is 0.621. The highest BCUT2D eigenvalue weighted by Gasteiger charge is 2.02. The van der Waals surface area contributed by atoms with Gasteiger partial charge in [0.15, 0.2) is 0 Å². The first-order valence-electron chi connectivity index (χ1n) is 6.95. The van der Waals surface area contributed by atoms with Gasteiger partial charge in [0.2, 0.25) is 0 Å². The second-order valence-electron chi connectivity index (χ2n) is 5.28. The Morgan fingerprint density at radius 2 is 1.59 bits per heavy atom. The molecule has 3 heteroatoms. The highest BCUT2D eigenvalue weighted by Crippen LogP contribution is 2.22. The maximum Gasteiger partial charge on any atom is 0.121 e. The summed E-state index contributed by atoms with van der Waals surface area (Å²) in [5, 5.41) is 20.1. The van der Waals surface area contributed by atoms with E-state index in [-0.39, 0.29) is 5.75 Å². The van der Waals surface area contributed by atoms with Crippen LogP contribution >= 0.6 is 0 Å². The molecule has 3 nitrogen and oxygen atoms in total. The average Bonchev–Trinajstić information content (AvgIpc) is 2.50. The molecule has 0 saturated heterocycles. The first-order chi connectivity index (χ1) is 10.5. The zero-order valence-corrected chi connectivity index (χ0v) is 12.4. The van der Waals surface area contributed by atoms with E-state index in [1.165, 1.54) is 0 Å². The predicted octanol–water partition coefficient (Wildman–Crippen LogP) is 3.66. The van der Waals surface area contributed by atoms with Gasteiger partial charge in [0, 0.05) is 10.9 Å². The van der Waals surface area contributed by atoms with Crippen LogP contribution in [0.5, 0.6) is 11.5 Å². The highest BCUT2D eigenvalue weighted by atomic mass is 16.3. The summed E-state index contributed by atoms with van der Waals surface area (Å²) in [4.78, 5) is 4.46. The van der Waals surface area contributed by atoms with Crippen molar-refractivity contribution in [1.29, 1.82) is 0 Å². The first kappa shape index (κ1) is 14.0. The van der Waals surface area contributed by atoms with Crippen LogP contribution in [0.2, 0.25) is 0 Å². The van der Waals surface area contributed by atoms with Crippen molar-refractivity contribution < 1.29 is 10.2 Å². The van der Waals surface area contributed by atoms with E-state index in [1.54, 1.807) is 18.2 Å². The number of phenols is 2. The minimum atomic E-state index is 0.225. The van der Waals surface area contributed by atoms with E-state index >= 15 is 0 Å². The topological polar surface area (TPSA) is 53.4 Å². The van der Waals surface area contributed by atoms with E-state index < -0.39 is 0 Å². The van der Waals surface area contributed by atoms with E-state index in [4.69, 9.17) is 0 Å². The van der Waals surface area contributed by atoms with Gasteiger partial charge in [-0.05, 0) is 73.4 Å². The Kier molecular flexibility index (Phi) is 3.44. The monoisotopic (exact) mass is 289 g/mol. The second kappa shape index (κ2) is 5.42. The fourth-order valence-electron chi connectivity index (χ4n) is 2.35. The van der Waals surface area contributed by atoms with Crippen molar-refractivity contribution in [2.24, 2.45) is 0 Å². The Morgan fingerprint density at radius 1 is 0.864 bits per heavy atom. The van der Waals surface area contributed by atoms with E-state index in [2.05, 4.69) is 16.8 Å². The van der Waals surface area contributed by atoms with Crippen LogP contribution in [0.4, 0.5) is 0 Å². The summed E-state index contributed by atoms with van der Waals surface area (Å²) in [6.07, 6.45) is 0. The summed E-state index contributed by atoms with van der Waals surface area (Å²) < 4.78 is 0.